The summed E-state index contributed by atoms with van der Waals surface area (Å²) in [4.78, 5) is 31.1. The van der Waals surface area contributed by atoms with E-state index in [-0.39, 0.29) is 11.3 Å². The number of H-pyrrole nitrogens is 1. The Labute approximate surface area is 186 Å². The van der Waals surface area contributed by atoms with Crippen LogP contribution in [0.15, 0.2) is 54.2 Å². The summed E-state index contributed by atoms with van der Waals surface area (Å²) in [5.41, 5.74) is 3.43. The topological polar surface area (TPSA) is 82.6 Å². The van der Waals surface area contributed by atoms with Crippen molar-refractivity contribution < 1.29 is 19.4 Å². The number of hydrogen-bond acceptors (Lipinski definition) is 4. The molecule has 1 amide bonds. The van der Waals surface area contributed by atoms with Crippen LogP contribution >= 0.6 is 0 Å². The Morgan fingerprint density at radius 3 is 2.88 bits per heavy atom. The Kier molecular flexibility index (Phi) is 5.21. The van der Waals surface area contributed by atoms with Gasteiger partial charge in [0.15, 0.2) is 0 Å². The minimum absolute atomic E-state index is 0.133. The number of para-hydroxylation sites is 1. The molecule has 0 radical (unpaired) electrons. The number of ketones is 1. The molecule has 32 heavy (non-hydrogen) atoms. The van der Waals surface area contributed by atoms with Gasteiger partial charge in [-0.3, -0.25) is 9.59 Å². The number of amides is 1. The number of Topliss-reactive ketones (excluding diaryl/α,β-unsaturated/α-hetero) is 1. The van der Waals surface area contributed by atoms with Crippen LogP contribution < -0.4 is 4.74 Å². The Morgan fingerprint density at radius 2 is 2.03 bits per heavy atom. The van der Waals surface area contributed by atoms with Gasteiger partial charge in [-0.25, -0.2) is 0 Å². The largest absolute Gasteiger partial charge is 0.507 e. The van der Waals surface area contributed by atoms with Gasteiger partial charge in [-0.05, 0) is 36.2 Å². The molecule has 1 aromatic heterocycles. The summed E-state index contributed by atoms with van der Waals surface area (Å²) in [6, 6.07) is 12.6. The number of carbonyl (C=O) groups is 2. The third-order valence-corrected chi connectivity index (χ3v) is 6.42. The van der Waals surface area contributed by atoms with E-state index < -0.39 is 17.7 Å². The molecule has 3 heterocycles. The first-order valence-corrected chi connectivity index (χ1v) is 11.2. The molecule has 2 N–H and O–H groups in total. The molecule has 1 fully saturated rings. The van der Waals surface area contributed by atoms with E-state index in [9.17, 15) is 14.7 Å². The zero-order chi connectivity index (χ0) is 22.2. The Hall–Kier alpha value is -3.54. The number of benzene rings is 2. The van der Waals surface area contributed by atoms with Crippen LogP contribution in [0.4, 0.5) is 0 Å². The van der Waals surface area contributed by atoms with Crippen molar-refractivity contribution in [2.45, 2.75) is 38.6 Å². The summed E-state index contributed by atoms with van der Waals surface area (Å²) in [6.45, 7) is 3.18. The second kappa shape index (κ2) is 8.19. The number of aromatic amines is 1. The zero-order valence-corrected chi connectivity index (χ0v) is 18.1. The van der Waals surface area contributed by atoms with Crippen LogP contribution in [0.1, 0.15) is 48.9 Å². The SMILES string of the molecule is CCCCCN1C(=O)C(=O)/C(=C(/O)c2ccc3c(c2)CCO3)C1c1c[nH]c2ccccc12. The van der Waals surface area contributed by atoms with Gasteiger partial charge in [-0.1, -0.05) is 38.0 Å². The molecule has 5 rings (SSSR count). The number of rotatable bonds is 6. The summed E-state index contributed by atoms with van der Waals surface area (Å²) in [7, 11) is 0. The van der Waals surface area contributed by atoms with Crippen molar-refractivity contribution >= 4 is 28.4 Å². The lowest BCUT2D eigenvalue weighted by molar-refractivity contribution is -0.139. The predicted molar refractivity (Wildman–Crippen MR) is 122 cm³/mol. The van der Waals surface area contributed by atoms with Crippen LogP contribution in [-0.2, 0) is 16.0 Å². The fourth-order valence-electron chi connectivity index (χ4n) is 4.78. The highest BCUT2D eigenvalue weighted by Gasteiger charge is 2.46. The van der Waals surface area contributed by atoms with E-state index in [4.69, 9.17) is 4.74 Å². The molecule has 2 aromatic carbocycles. The standard InChI is InChI=1S/C26H26N2O4/c1-2-3-6-12-28-23(19-15-27-20-8-5-4-7-18(19)20)22(25(30)26(28)31)24(29)17-9-10-21-16(14-17)11-13-32-21/h4-5,7-10,14-15,23,27,29H,2-3,6,11-13H2,1H3/b24-22+. The molecule has 1 atom stereocenters. The highest BCUT2D eigenvalue weighted by Crippen LogP contribution is 2.42. The number of aliphatic hydroxyl groups is 1. The fourth-order valence-corrected chi connectivity index (χ4v) is 4.78. The smallest absolute Gasteiger partial charge is 0.295 e. The summed E-state index contributed by atoms with van der Waals surface area (Å²) in [6.07, 6.45) is 5.39. The molecule has 3 aromatic rings. The first kappa shape index (κ1) is 20.4. The number of carbonyl (C=O) groups excluding carboxylic acids is 2. The fraction of sp³-hybridized carbons (Fsp3) is 0.308. The number of aliphatic hydroxyl groups excluding tert-OH is 1. The van der Waals surface area contributed by atoms with Gasteiger partial charge in [0.05, 0.1) is 18.2 Å². The number of ether oxygens (including phenoxy) is 1. The molecular formula is C26H26N2O4. The molecule has 2 aliphatic rings. The number of unbranched alkanes of at least 4 members (excludes halogenated alkanes) is 2. The number of fused-ring (bicyclic) bond motifs is 2. The number of nitrogens with one attached hydrogen (secondary N) is 1. The van der Waals surface area contributed by atoms with E-state index in [2.05, 4.69) is 11.9 Å². The molecule has 0 bridgehead atoms. The van der Waals surface area contributed by atoms with Crippen LogP contribution in [0.3, 0.4) is 0 Å². The van der Waals surface area contributed by atoms with E-state index in [1.165, 1.54) is 0 Å². The van der Waals surface area contributed by atoms with E-state index in [0.29, 0.717) is 18.7 Å². The third-order valence-electron chi connectivity index (χ3n) is 6.42. The zero-order valence-electron chi connectivity index (χ0n) is 18.1. The molecule has 0 spiro atoms. The van der Waals surface area contributed by atoms with Crippen molar-refractivity contribution in [3.8, 4) is 5.75 Å². The number of aromatic nitrogens is 1. The van der Waals surface area contributed by atoms with Crippen LogP contribution in [0.2, 0.25) is 0 Å². The molecular weight excluding hydrogens is 404 g/mol. The van der Waals surface area contributed by atoms with Gasteiger partial charge in [-0.15, -0.1) is 0 Å². The van der Waals surface area contributed by atoms with Crippen molar-refractivity contribution in [3.63, 3.8) is 0 Å². The lowest BCUT2D eigenvalue weighted by atomic mass is 9.94. The number of hydrogen-bond donors (Lipinski definition) is 2. The van der Waals surface area contributed by atoms with Crippen LogP contribution in [0.25, 0.3) is 16.7 Å². The average molecular weight is 431 g/mol. The Morgan fingerprint density at radius 1 is 1.19 bits per heavy atom. The maximum Gasteiger partial charge on any atom is 0.295 e. The normalized spacial score (nSPS) is 19.5. The molecule has 6 nitrogen and oxygen atoms in total. The highest BCUT2D eigenvalue weighted by atomic mass is 16.5. The monoisotopic (exact) mass is 430 g/mol. The molecule has 1 unspecified atom stereocenters. The minimum atomic E-state index is -0.633. The number of likely N-dealkylation sites (tertiary alicyclic amines) is 1. The van der Waals surface area contributed by atoms with Gasteiger partial charge < -0.3 is 19.7 Å². The van der Waals surface area contributed by atoms with Crippen LogP contribution in [0, 0.1) is 0 Å². The number of nitrogens with zero attached hydrogens (tertiary/aromatic N) is 1. The van der Waals surface area contributed by atoms with E-state index in [1.54, 1.807) is 11.0 Å². The van der Waals surface area contributed by atoms with Crippen molar-refractivity contribution in [1.82, 2.24) is 9.88 Å². The van der Waals surface area contributed by atoms with Crippen molar-refractivity contribution in [3.05, 3.63) is 70.9 Å². The highest BCUT2D eigenvalue weighted by molar-refractivity contribution is 6.46. The second-order valence-electron chi connectivity index (χ2n) is 8.41. The summed E-state index contributed by atoms with van der Waals surface area (Å²) in [5, 5.41) is 12.2. The van der Waals surface area contributed by atoms with Crippen LogP contribution in [-0.4, -0.2) is 39.8 Å². The predicted octanol–water partition coefficient (Wildman–Crippen LogP) is 4.71. The van der Waals surface area contributed by atoms with Gasteiger partial charge in [0.1, 0.15) is 11.5 Å². The lowest BCUT2D eigenvalue weighted by Gasteiger charge is -2.25. The second-order valence-corrected chi connectivity index (χ2v) is 8.41. The van der Waals surface area contributed by atoms with E-state index in [1.807, 2.05) is 42.6 Å². The van der Waals surface area contributed by atoms with Gasteiger partial charge in [0.2, 0.25) is 0 Å². The molecule has 6 heteroatoms. The quantitative estimate of drug-likeness (QED) is 0.257. The van der Waals surface area contributed by atoms with Gasteiger partial charge in [0, 0.05) is 41.2 Å². The molecule has 164 valence electrons. The van der Waals surface area contributed by atoms with E-state index in [0.717, 1.165) is 53.5 Å². The maximum absolute atomic E-state index is 13.2. The Bertz CT molecular complexity index is 1240. The van der Waals surface area contributed by atoms with Crippen molar-refractivity contribution in [1.29, 1.82) is 0 Å². The molecule has 0 saturated carbocycles. The summed E-state index contributed by atoms with van der Waals surface area (Å²) >= 11 is 0. The summed E-state index contributed by atoms with van der Waals surface area (Å²) < 4.78 is 5.57. The maximum atomic E-state index is 13.2. The first-order valence-electron chi connectivity index (χ1n) is 11.2. The summed E-state index contributed by atoms with van der Waals surface area (Å²) in [5.74, 6) is -0.519. The van der Waals surface area contributed by atoms with Gasteiger partial charge in [0.25, 0.3) is 11.7 Å². The molecule has 0 aliphatic carbocycles. The van der Waals surface area contributed by atoms with Crippen LogP contribution in [0.5, 0.6) is 5.75 Å². The average Bonchev–Trinajstić information content (AvgIpc) is 3.51. The third kappa shape index (κ3) is 3.27. The lowest BCUT2D eigenvalue weighted by Crippen LogP contribution is -2.30. The first-order chi connectivity index (χ1) is 15.6. The van der Waals surface area contributed by atoms with Gasteiger partial charge >= 0.3 is 0 Å². The minimum Gasteiger partial charge on any atom is -0.507 e. The van der Waals surface area contributed by atoms with E-state index >= 15 is 0 Å². The molecule has 1 saturated heterocycles. The van der Waals surface area contributed by atoms with Crippen molar-refractivity contribution in [2.24, 2.45) is 0 Å². The van der Waals surface area contributed by atoms with Gasteiger partial charge in [-0.2, -0.15) is 0 Å². The van der Waals surface area contributed by atoms with Crippen molar-refractivity contribution in [2.75, 3.05) is 13.2 Å². The molecule has 2 aliphatic heterocycles. The Balaban J connectivity index is 1.66.